The highest BCUT2D eigenvalue weighted by Crippen LogP contribution is 2.10. The van der Waals surface area contributed by atoms with E-state index >= 15 is 0 Å². The molecule has 0 saturated heterocycles. The normalized spacial score (nSPS) is 10.1. The first-order chi connectivity index (χ1) is 7.65. The Morgan fingerprint density at radius 3 is 2.56 bits per heavy atom. The van der Waals surface area contributed by atoms with Crippen LogP contribution in [0.5, 0.6) is 0 Å². The second kappa shape index (κ2) is 4.60. The predicted molar refractivity (Wildman–Crippen MR) is 66.1 cm³/mol. The van der Waals surface area contributed by atoms with Crippen LogP contribution in [0.15, 0.2) is 28.7 Å². The largest absolute Gasteiger partial charge is 0.408 e. The number of aryl methyl sites for hydroxylation is 1. The lowest BCUT2D eigenvalue weighted by molar-refractivity contribution is 0.102. The van der Waals surface area contributed by atoms with E-state index < -0.39 is 0 Å². The fraction of sp³-hybridized carbons (Fsp3) is 0.100. The molecule has 5 nitrogen and oxygen atoms in total. The molecule has 16 heavy (non-hydrogen) atoms. The van der Waals surface area contributed by atoms with E-state index in [0.717, 1.165) is 3.57 Å². The van der Waals surface area contributed by atoms with Gasteiger partial charge in [0.1, 0.15) is 0 Å². The van der Waals surface area contributed by atoms with Crippen molar-refractivity contribution in [2.45, 2.75) is 6.92 Å². The SMILES string of the molecule is Cc1nnc(NC(=O)c2ccc(I)cc2)o1. The third-order valence-corrected chi connectivity index (χ3v) is 2.57. The van der Waals surface area contributed by atoms with Gasteiger partial charge in [0.05, 0.1) is 0 Å². The summed E-state index contributed by atoms with van der Waals surface area (Å²) in [5.74, 6) is 0.151. The van der Waals surface area contributed by atoms with Crippen LogP contribution in [0.25, 0.3) is 0 Å². The highest BCUT2D eigenvalue weighted by molar-refractivity contribution is 14.1. The van der Waals surface area contributed by atoms with Crippen molar-refractivity contribution in [3.8, 4) is 0 Å². The summed E-state index contributed by atoms with van der Waals surface area (Å²) in [6.07, 6.45) is 0. The van der Waals surface area contributed by atoms with Crippen molar-refractivity contribution in [2.75, 3.05) is 5.32 Å². The van der Waals surface area contributed by atoms with Gasteiger partial charge in [-0.15, -0.1) is 5.10 Å². The summed E-state index contributed by atoms with van der Waals surface area (Å²) >= 11 is 2.17. The van der Waals surface area contributed by atoms with Crippen LogP contribution in [-0.4, -0.2) is 16.1 Å². The number of hydrogen-bond donors (Lipinski definition) is 1. The highest BCUT2D eigenvalue weighted by atomic mass is 127. The van der Waals surface area contributed by atoms with Gasteiger partial charge >= 0.3 is 6.01 Å². The maximum atomic E-state index is 11.7. The van der Waals surface area contributed by atoms with E-state index in [2.05, 4.69) is 38.1 Å². The number of amides is 1. The maximum Gasteiger partial charge on any atom is 0.322 e. The lowest BCUT2D eigenvalue weighted by Crippen LogP contribution is -2.11. The minimum atomic E-state index is -0.264. The molecule has 6 heteroatoms. The highest BCUT2D eigenvalue weighted by Gasteiger charge is 2.09. The number of aromatic nitrogens is 2. The minimum Gasteiger partial charge on any atom is -0.408 e. The number of carbonyl (C=O) groups is 1. The van der Waals surface area contributed by atoms with E-state index in [1.165, 1.54) is 0 Å². The molecule has 82 valence electrons. The first-order valence-corrected chi connectivity index (χ1v) is 5.60. The molecule has 1 heterocycles. The molecule has 0 radical (unpaired) electrons. The molecule has 0 saturated carbocycles. The second-order valence-corrected chi connectivity index (χ2v) is 4.33. The first kappa shape index (κ1) is 11.1. The van der Waals surface area contributed by atoms with Crippen molar-refractivity contribution in [3.63, 3.8) is 0 Å². The van der Waals surface area contributed by atoms with E-state index in [4.69, 9.17) is 4.42 Å². The Kier molecular flexibility index (Phi) is 3.18. The smallest absolute Gasteiger partial charge is 0.322 e. The standard InChI is InChI=1S/C10H8IN3O2/c1-6-13-14-10(16-6)12-9(15)7-2-4-8(11)5-3-7/h2-5H,1H3,(H,12,14,15). The number of benzene rings is 1. The van der Waals surface area contributed by atoms with Gasteiger partial charge in [-0.25, -0.2) is 0 Å². The Morgan fingerprint density at radius 1 is 1.31 bits per heavy atom. The number of nitrogens with zero attached hydrogens (tertiary/aromatic N) is 2. The van der Waals surface area contributed by atoms with Gasteiger partial charge in [-0.05, 0) is 46.9 Å². The molecule has 2 aromatic rings. The first-order valence-electron chi connectivity index (χ1n) is 4.52. The predicted octanol–water partition coefficient (Wildman–Crippen LogP) is 2.23. The fourth-order valence-corrected chi connectivity index (χ4v) is 1.48. The van der Waals surface area contributed by atoms with Gasteiger partial charge in [-0.2, -0.15) is 0 Å². The van der Waals surface area contributed by atoms with Crippen molar-refractivity contribution in [1.82, 2.24) is 10.2 Å². The van der Waals surface area contributed by atoms with Crippen LogP contribution in [-0.2, 0) is 0 Å². The average molecular weight is 329 g/mol. The summed E-state index contributed by atoms with van der Waals surface area (Å²) < 4.78 is 6.12. The monoisotopic (exact) mass is 329 g/mol. The van der Waals surface area contributed by atoms with Gasteiger partial charge in [0.2, 0.25) is 5.89 Å². The molecular formula is C10H8IN3O2. The maximum absolute atomic E-state index is 11.7. The van der Waals surface area contributed by atoms with Crippen molar-refractivity contribution in [3.05, 3.63) is 39.3 Å². The van der Waals surface area contributed by atoms with E-state index in [1.54, 1.807) is 19.1 Å². The lowest BCUT2D eigenvalue weighted by Gasteiger charge is -1.99. The zero-order valence-electron chi connectivity index (χ0n) is 8.40. The van der Waals surface area contributed by atoms with Crippen LogP contribution in [0.1, 0.15) is 16.2 Å². The van der Waals surface area contributed by atoms with E-state index in [1.807, 2.05) is 12.1 Å². The Labute approximate surface area is 105 Å². The molecule has 1 aromatic heterocycles. The Hall–Kier alpha value is -1.44. The van der Waals surface area contributed by atoms with E-state index in [9.17, 15) is 4.79 Å². The molecule has 0 fully saturated rings. The molecule has 0 unspecified atom stereocenters. The lowest BCUT2D eigenvalue weighted by atomic mass is 10.2. The summed E-state index contributed by atoms with van der Waals surface area (Å²) in [5, 5.41) is 9.81. The van der Waals surface area contributed by atoms with Gasteiger partial charge in [-0.1, -0.05) is 5.10 Å². The van der Waals surface area contributed by atoms with Gasteiger partial charge < -0.3 is 4.42 Å². The number of rotatable bonds is 2. The zero-order valence-corrected chi connectivity index (χ0v) is 10.6. The average Bonchev–Trinajstić information content (AvgIpc) is 2.65. The van der Waals surface area contributed by atoms with Crippen molar-refractivity contribution < 1.29 is 9.21 Å². The number of carbonyl (C=O) groups excluding carboxylic acids is 1. The molecule has 0 atom stereocenters. The van der Waals surface area contributed by atoms with Crippen molar-refractivity contribution >= 4 is 34.5 Å². The van der Waals surface area contributed by atoms with Gasteiger partial charge in [0.15, 0.2) is 0 Å². The van der Waals surface area contributed by atoms with Crippen molar-refractivity contribution in [1.29, 1.82) is 0 Å². The van der Waals surface area contributed by atoms with Crippen molar-refractivity contribution in [2.24, 2.45) is 0 Å². The summed E-state index contributed by atoms with van der Waals surface area (Å²) in [4.78, 5) is 11.7. The summed E-state index contributed by atoms with van der Waals surface area (Å²) in [5.41, 5.74) is 0.552. The molecule has 1 aromatic carbocycles. The zero-order chi connectivity index (χ0) is 11.5. The van der Waals surface area contributed by atoms with Crippen LogP contribution in [0.2, 0.25) is 0 Å². The number of hydrogen-bond acceptors (Lipinski definition) is 4. The minimum absolute atomic E-state index is 0.112. The summed E-state index contributed by atoms with van der Waals surface area (Å²) in [6.45, 7) is 1.66. The molecule has 1 N–H and O–H groups in total. The molecule has 1 amide bonds. The molecule has 0 bridgehead atoms. The molecular weight excluding hydrogens is 321 g/mol. The third kappa shape index (κ3) is 2.57. The third-order valence-electron chi connectivity index (χ3n) is 1.85. The quantitative estimate of drug-likeness (QED) is 0.858. The second-order valence-electron chi connectivity index (χ2n) is 3.09. The van der Waals surface area contributed by atoms with Crippen LogP contribution in [0.4, 0.5) is 6.01 Å². The van der Waals surface area contributed by atoms with E-state index in [-0.39, 0.29) is 11.9 Å². The Morgan fingerprint density at radius 2 is 2.00 bits per heavy atom. The number of anilines is 1. The van der Waals surface area contributed by atoms with Crippen LogP contribution in [0.3, 0.4) is 0 Å². The van der Waals surface area contributed by atoms with E-state index in [0.29, 0.717) is 11.5 Å². The van der Waals surface area contributed by atoms with Gasteiger partial charge in [0.25, 0.3) is 5.91 Å². The molecule has 2 rings (SSSR count). The number of nitrogens with one attached hydrogen (secondary N) is 1. The molecule has 0 aliphatic rings. The molecule has 0 aliphatic heterocycles. The Bertz CT molecular complexity index is 507. The van der Waals surface area contributed by atoms with Crippen LogP contribution >= 0.6 is 22.6 Å². The summed E-state index contributed by atoms with van der Waals surface area (Å²) in [7, 11) is 0. The molecule has 0 spiro atoms. The van der Waals surface area contributed by atoms with Crippen LogP contribution < -0.4 is 5.32 Å². The topological polar surface area (TPSA) is 68.0 Å². The summed E-state index contributed by atoms with van der Waals surface area (Å²) in [6, 6.07) is 7.30. The molecule has 0 aliphatic carbocycles. The van der Waals surface area contributed by atoms with Crippen LogP contribution in [0, 0.1) is 10.5 Å². The van der Waals surface area contributed by atoms with Gasteiger partial charge in [-0.3, -0.25) is 10.1 Å². The van der Waals surface area contributed by atoms with Gasteiger partial charge in [0, 0.05) is 16.1 Å². The Balaban J connectivity index is 2.11. The fourth-order valence-electron chi connectivity index (χ4n) is 1.12. The number of halogens is 1.